The van der Waals surface area contributed by atoms with E-state index in [1.54, 1.807) is 42.5 Å². The van der Waals surface area contributed by atoms with Crippen molar-refractivity contribution in [1.82, 2.24) is 15.3 Å². The minimum atomic E-state index is -4.48. The predicted molar refractivity (Wildman–Crippen MR) is 101 cm³/mol. The van der Waals surface area contributed by atoms with E-state index in [4.69, 9.17) is 0 Å². The van der Waals surface area contributed by atoms with Gasteiger partial charge in [-0.05, 0) is 23.3 Å². The lowest BCUT2D eigenvalue weighted by atomic mass is 10.1. The molecule has 0 radical (unpaired) electrons. The molecule has 3 aromatic rings. The minimum Gasteiger partial charge on any atom is -0.323 e. The fraction of sp³-hybridized carbons (Fsp3) is 0.125. The number of hydrogen-bond acceptors (Lipinski definition) is 4. The molecule has 0 saturated heterocycles. The van der Waals surface area contributed by atoms with Gasteiger partial charge < -0.3 is 19.8 Å². The molecule has 0 fully saturated rings. The summed E-state index contributed by atoms with van der Waals surface area (Å²) in [6.07, 6.45) is 0. The molecule has 0 aliphatic heterocycles. The van der Waals surface area contributed by atoms with Gasteiger partial charge in [-0.3, -0.25) is 19.5 Å². The van der Waals surface area contributed by atoms with Crippen LogP contribution in [0.3, 0.4) is 0 Å². The quantitative estimate of drug-likeness (QED) is 0.304. The van der Waals surface area contributed by atoms with Crippen LogP contribution in [0.2, 0.25) is 0 Å². The summed E-state index contributed by atoms with van der Waals surface area (Å²) in [7, 11) is -4.48. The standard InChI is InChI=1S/C16H15BrN3O5P/c17-11-6-10(13-12(7-11)19-14(21)15(22)20-13)8-18-16(26(23,24)25)9-4-2-1-3-5-9/h1-7,16,18H,8H2,(H,19,21)(H,20,22)(H2,23,24,25). The zero-order chi connectivity index (χ0) is 18.9. The monoisotopic (exact) mass is 439 g/mol. The van der Waals surface area contributed by atoms with E-state index in [2.05, 4.69) is 31.2 Å². The van der Waals surface area contributed by atoms with E-state index in [0.717, 1.165) is 0 Å². The van der Waals surface area contributed by atoms with E-state index < -0.39 is 24.5 Å². The van der Waals surface area contributed by atoms with E-state index in [1.165, 1.54) is 0 Å². The molecule has 1 aromatic heterocycles. The van der Waals surface area contributed by atoms with Gasteiger partial charge in [-0.2, -0.15) is 0 Å². The second-order valence-corrected chi connectivity index (χ2v) is 8.29. The lowest BCUT2D eigenvalue weighted by Gasteiger charge is -2.21. The third kappa shape index (κ3) is 4.03. The summed E-state index contributed by atoms with van der Waals surface area (Å²) in [6, 6.07) is 11.7. The lowest BCUT2D eigenvalue weighted by Crippen LogP contribution is -2.29. The molecule has 10 heteroatoms. The molecule has 2 aromatic carbocycles. The zero-order valence-corrected chi connectivity index (χ0v) is 15.8. The number of benzene rings is 2. The van der Waals surface area contributed by atoms with Gasteiger partial charge in [-0.15, -0.1) is 0 Å². The van der Waals surface area contributed by atoms with E-state index >= 15 is 0 Å². The number of halogens is 1. The molecule has 0 bridgehead atoms. The van der Waals surface area contributed by atoms with Crippen LogP contribution in [0, 0.1) is 0 Å². The van der Waals surface area contributed by atoms with Crippen molar-refractivity contribution < 1.29 is 14.4 Å². The Bertz CT molecular complexity index is 1110. The lowest BCUT2D eigenvalue weighted by molar-refractivity contribution is 0.347. The molecule has 1 atom stereocenters. The fourth-order valence-electron chi connectivity index (χ4n) is 2.67. The molecule has 0 spiro atoms. The van der Waals surface area contributed by atoms with Crippen LogP contribution >= 0.6 is 23.5 Å². The maximum atomic E-state index is 11.9. The van der Waals surface area contributed by atoms with Crippen LogP contribution in [0.5, 0.6) is 0 Å². The Kier molecular flexibility index (Phi) is 5.27. The summed E-state index contributed by atoms with van der Waals surface area (Å²) >= 11 is 3.32. The van der Waals surface area contributed by atoms with Crippen LogP contribution in [0.25, 0.3) is 11.0 Å². The molecule has 5 N–H and O–H groups in total. The Labute approximate surface area is 155 Å². The van der Waals surface area contributed by atoms with Crippen LogP contribution in [-0.2, 0) is 11.1 Å². The molecule has 0 aliphatic carbocycles. The molecular formula is C16H15BrN3O5P. The average molecular weight is 440 g/mol. The topological polar surface area (TPSA) is 135 Å². The number of aromatic nitrogens is 2. The molecule has 1 heterocycles. The second kappa shape index (κ2) is 7.30. The largest absolute Gasteiger partial charge is 0.346 e. The number of rotatable bonds is 5. The van der Waals surface area contributed by atoms with Gasteiger partial charge in [0.05, 0.1) is 11.0 Å². The van der Waals surface area contributed by atoms with Crippen LogP contribution in [0.15, 0.2) is 56.5 Å². The maximum Gasteiger partial charge on any atom is 0.346 e. The van der Waals surface area contributed by atoms with Gasteiger partial charge in [-0.25, -0.2) is 0 Å². The van der Waals surface area contributed by atoms with Crippen molar-refractivity contribution in [3.8, 4) is 0 Å². The van der Waals surface area contributed by atoms with Crippen molar-refractivity contribution in [2.75, 3.05) is 0 Å². The average Bonchev–Trinajstić information content (AvgIpc) is 2.56. The summed E-state index contributed by atoms with van der Waals surface area (Å²) in [5.74, 6) is -1.20. The number of hydrogen-bond donors (Lipinski definition) is 5. The van der Waals surface area contributed by atoms with Gasteiger partial charge >= 0.3 is 18.7 Å². The zero-order valence-electron chi connectivity index (χ0n) is 13.3. The molecular weight excluding hydrogens is 425 g/mol. The Morgan fingerprint density at radius 2 is 1.73 bits per heavy atom. The van der Waals surface area contributed by atoms with Crippen LogP contribution in [-0.4, -0.2) is 19.8 Å². The third-order valence-electron chi connectivity index (χ3n) is 3.82. The van der Waals surface area contributed by atoms with E-state index in [1.807, 2.05) is 0 Å². The molecule has 0 aliphatic rings. The molecule has 0 amide bonds. The van der Waals surface area contributed by atoms with E-state index in [-0.39, 0.29) is 6.54 Å². The molecule has 8 nitrogen and oxygen atoms in total. The first-order valence-corrected chi connectivity index (χ1v) is 10.0. The van der Waals surface area contributed by atoms with Crippen molar-refractivity contribution in [1.29, 1.82) is 0 Å². The van der Waals surface area contributed by atoms with Gasteiger partial charge in [0, 0.05) is 11.0 Å². The molecule has 1 unspecified atom stereocenters. The van der Waals surface area contributed by atoms with Gasteiger partial charge in [0.1, 0.15) is 5.78 Å². The predicted octanol–water partition coefficient (Wildman–Crippen LogP) is 1.95. The summed E-state index contributed by atoms with van der Waals surface area (Å²) in [5.41, 5.74) is 0.248. The molecule has 26 heavy (non-hydrogen) atoms. The Balaban J connectivity index is 2.00. The van der Waals surface area contributed by atoms with Gasteiger partial charge in [0.15, 0.2) is 0 Å². The SMILES string of the molecule is O=c1[nH]c2cc(Br)cc(CNC(c3ccccc3)P(=O)(O)O)c2[nH]c1=O. The third-order valence-corrected chi connectivity index (χ3v) is 5.43. The summed E-state index contributed by atoms with van der Waals surface area (Å²) in [4.78, 5) is 47.5. The summed E-state index contributed by atoms with van der Waals surface area (Å²) in [6.45, 7) is 0.0581. The van der Waals surface area contributed by atoms with Crippen molar-refractivity contribution in [3.63, 3.8) is 0 Å². The van der Waals surface area contributed by atoms with Gasteiger partial charge in [0.25, 0.3) is 0 Å². The van der Waals surface area contributed by atoms with Crippen LogP contribution < -0.4 is 16.4 Å². The molecule has 0 saturated carbocycles. The highest BCUT2D eigenvalue weighted by Gasteiger charge is 2.30. The second-order valence-electron chi connectivity index (χ2n) is 5.68. The number of nitrogens with one attached hydrogen (secondary N) is 3. The Hall–Kier alpha value is -2.03. The highest BCUT2D eigenvalue weighted by Crippen LogP contribution is 2.50. The number of H-pyrrole nitrogens is 2. The summed E-state index contributed by atoms with van der Waals surface area (Å²) in [5, 5.41) is 2.85. The van der Waals surface area contributed by atoms with Crippen LogP contribution in [0.4, 0.5) is 0 Å². The molecule has 136 valence electrons. The first-order valence-electron chi connectivity index (χ1n) is 7.54. The number of aromatic amines is 2. The highest BCUT2D eigenvalue weighted by molar-refractivity contribution is 9.10. The smallest absolute Gasteiger partial charge is 0.323 e. The normalized spacial score (nSPS) is 13.0. The van der Waals surface area contributed by atoms with Gasteiger partial charge in [-0.1, -0.05) is 46.3 Å². The van der Waals surface area contributed by atoms with Gasteiger partial charge in [0.2, 0.25) is 0 Å². The van der Waals surface area contributed by atoms with Crippen molar-refractivity contribution in [2.45, 2.75) is 12.3 Å². The van der Waals surface area contributed by atoms with Crippen molar-refractivity contribution >= 4 is 34.6 Å². The van der Waals surface area contributed by atoms with E-state index in [0.29, 0.717) is 26.6 Å². The summed E-state index contributed by atoms with van der Waals surface area (Å²) < 4.78 is 12.5. The number of fused-ring (bicyclic) bond motifs is 1. The Morgan fingerprint density at radius 1 is 1.08 bits per heavy atom. The first-order chi connectivity index (χ1) is 12.3. The molecule has 3 rings (SSSR count). The Morgan fingerprint density at radius 3 is 2.38 bits per heavy atom. The van der Waals surface area contributed by atoms with E-state index in [9.17, 15) is 23.9 Å². The van der Waals surface area contributed by atoms with Crippen molar-refractivity contribution in [2.24, 2.45) is 0 Å². The minimum absolute atomic E-state index is 0.0581. The van der Waals surface area contributed by atoms with Crippen LogP contribution in [0.1, 0.15) is 16.9 Å². The first kappa shape index (κ1) is 18.8. The maximum absolute atomic E-state index is 11.9. The highest BCUT2D eigenvalue weighted by atomic mass is 79.9. The van der Waals surface area contributed by atoms with Crippen molar-refractivity contribution in [3.05, 3.63) is 78.8 Å². The fourth-order valence-corrected chi connectivity index (χ4v) is 4.07.